The Hall–Kier alpha value is -1.78. The lowest BCUT2D eigenvalue weighted by molar-refractivity contribution is -0.142. The zero-order valence-electron chi connectivity index (χ0n) is 9.93. The highest BCUT2D eigenvalue weighted by atomic mass is 16.4. The molecule has 2 N–H and O–H groups in total. The van der Waals surface area contributed by atoms with E-state index in [-0.39, 0.29) is 11.8 Å². The number of hydrogen-bond acceptors (Lipinski definition) is 2. The van der Waals surface area contributed by atoms with Crippen LogP contribution in [0.15, 0.2) is 12.3 Å². The van der Waals surface area contributed by atoms with Crippen molar-refractivity contribution in [2.75, 3.05) is 13.1 Å². The van der Waals surface area contributed by atoms with Crippen molar-refractivity contribution in [1.82, 2.24) is 9.88 Å². The van der Waals surface area contributed by atoms with E-state index in [2.05, 4.69) is 4.98 Å². The molecular formula is C12H16N2O3. The molecule has 0 spiro atoms. The van der Waals surface area contributed by atoms with Gasteiger partial charge in [0.15, 0.2) is 0 Å². The second kappa shape index (κ2) is 4.24. The predicted octanol–water partition coefficient (Wildman–Crippen LogP) is 1.12. The fourth-order valence-corrected chi connectivity index (χ4v) is 2.31. The monoisotopic (exact) mass is 236 g/mol. The van der Waals surface area contributed by atoms with Crippen LogP contribution < -0.4 is 0 Å². The standard InChI is InChI=1S/C12H16N2O3/c1-7-5-14(6-10(7)12(16)17)11(15)9-3-4-13-8(9)2/h3-4,7,10,13H,5-6H2,1-2H3,(H,16,17)/t7-,10-/m1/s1. The lowest BCUT2D eigenvalue weighted by Gasteiger charge is -2.15. The summed E-state index contributed by atoms with van der Waals surface area (Å²) in [5.41, 5.74) is 1.45. The van der Waals surface area contributed by atoms with E-state index in [0.717, 1.165) is 5.69 Å². The molecule has 5 nitrogen and oxygen atoms in total. The number of nitrogens with zero attached hydrogens (tertiary/aromatic N) is 1. The summed E-state index contributed by atoms with van der Waals surface area (Å²) in [7, 11) is 0. The minimum atomic E-state index is -0.821. The van der Waals surface area contributed by atoms with Crippen LogP contribution in [-0.2, 0) is 4.79 Å². The topological polar surface area (TPSA) is 73.4 Å². The number of carbonyl (C=O) groups is 2. The molecule has 2 heterocycles. The molecule has 0 aliphatic carbocycles. The first-order valence-electron chi connectivity index (χ1n) is 5.66. The molecule has 0 unspecified atom stereocenters. The molecule has 0 saturated carbocycles. The highest BCUT2D eigenvalue weighted by Gasteiger charge is 2.37. The molecule has 1 aliphatic heterocycles. The number of amides is 1. The third-order valence-electron chi connectivity index (χ3n) is 3.40. The molecule has 0 aromatic carbocycles. The highest BCUT2D eigenvalue weighted by molar-refractivity contribution is 5.96. The van der Waals surface area contributed by atoms with Crippen molar-refractivity contribution in [3.05, 3.63) is 23.5 Å². The van der Waals surface area contributed by atoms with Crippen molar-refractivity contribution in [3.63, 3.8) is 0 Å². The number of aromatic amines is 1. The van der Waals surface area contributed by atoms with Gasteiger partial charge in [0, 0.05) is 25.0 Å². The Kier molecular flexibility index (Phi) is 2.92. The quantitative estimate of drug-likeness (QED) is 0.808. The predicted molar refractivity (Wildman–Crippen MR) is 61.7 cm³/mol. The van der Waals surface area contributed by atoms with Crippen molar-refractivity contribution in [3.8, 4) is 0 Å². The zero-order chi connectivity index (χ0) is 12.6. The number of carboxylic acid groups (broad SMARTS) is 1. The van der Waals surface area contributed by atoms with Crippen LogP contribution in [0.25, 0.3) is 0 Å². The van der Waals surface area contributed by atoms with Crippen molar-refractivity contribution in [2.24, 2.45) is 11.8 Å². The number of aliphatic carboxylic acids is 1. The van der Waals surface area contributed by atoms with Gasteiger partial charge >= 0.3 is 5.97 Å². The van der Waals surface area contributed by atoms with Crippen molar-refractivity contribution in [1.29, 1.82) is 0 Å². The minimum absolute atomic E-state index is 0.00991. The number of H-pyrrole nitrogens is 1. The Morgan fingerprint density at radius 2 is 2.18 bits per heavy atom. The first-order chi connectivity index (χ1) is 8.00. The summed E-state index contributed by atoms with van der Waals surface area (Å²) in [5, 5.41) is 9.02. The van der Waals surface area contributed by atoms with Gasteiger partial charge in [-0.2, -0.15) is 0 Å². The summed E-state index contributed by atoms with van der Waals surface area (Å²) in [6, 6.07) is 1.73. The molecular weight excluding hydrogens is 220 g/mol. The number of carbonyl (C=O) groups excluding carboxylic acids is 1. The molecule has 1 aliphatic rings. The summed E-state index contributed by atoms with van der Waals surface area (Å²) in [4.78, 5) is 27.7. The van der Waals surface area contributed by atoms with E-state index in [9.17, 15) is 9.59 Å². The minimum Gasteiger partial charge on any atom is -0.481 e. The van der Waals surface area contributed by atoms with Crippen LogP contribution in [-0.4, -0.2) is 40.0 Å². The van der Waals surface area contributed by atoms with Gasteiger partial charge < -0.3 is 15.0 Å². The third kappa shape index (κ3) is 2.05. The number of aryl methyl sites for hydroxylation is 1. The van der Waals surface area contributed by atoms with E-state index in [1.54, 1.807) is 17.2 Å². The number of aromatic nitrogens is 1. The van der Waals surface area contributed by atoms with Gasteiger partial charge in [-0.05, 0) is 18.9 Å². The van der Waals surface area contributed by atoms with Crippen LogP contribution in [0.2, 0.25) is 0 Å². The Morgan fingerprint density at radius 3 is 2.65 bits per heavy atom. The number of likely N-dealkylation sites (tertiary alicyclic amines) is 1. The Morgan fingerprint density at radius 1 is 1.47 bits per heavy atom. The average molecular weight is 236 g/mol. The van der Waals surface area contributed by atoms with Gasteiger partial charge in [0.05, 0.1) is 11.5 Å². The molecule has 5 heteroatoms. The number of rotatable bonds is 2. The molecule has 2 atom stereocenters. The van der Waals surface area contributed by atoms with Crippen LogP contribution in [0.1, 0.15) is 23.0 Å². The van der Waals surface area contributed by atoms with Gasteiger partial charge in [-0.15, -0.1) is 0 Å². The second-order valence-electron chi connectivity index (χ2n) is 4.65. The number of hydrogen-bond donors (Lipinski definition) is 2. The van der Waals surface area contributed by atoms with Crippen LogP contribution in [0.3, 0.4) is 0 Å². The molecule has 0 bridgehead atoms. The lowest BCUT2D eigenvalue weighted by Crippen LogP contribution is -2.30. The van der Waals surface area contributed by atoms with Crippen LogP contribution in [0.4, 0.5) is 0 Å². The largest absolute Gasteiger partial charge is 0.481 e. The Bertz CT molecular complexity index is 452. The molecule has 1 fully saturated rings. The summed E-state index contributed by atoms with van der Waals surface area (Å²) in [5.74, 6) is -1.34. The summed E-state index contributed by atoms with van der Waals surface area (Å²) in [6.07, 6.45) is 1.72. The Labute approximate surface area is 99.4 Å². The van der Waals surface area contributed by atoms with Crippen molar-refractivity contribution < 1.29 is 14.7 Å². The van der Waals surface area contributed by atoms with Gasteiger partial charge in [0.2, 0.25) is 0 Å². The maximum Gasteiger partial charge on any atom is 0.308 e. The van der Waals surface area contributed by atoms with E-state index in [4.69, 9.17) is 5.11 Å². The fourth-order valence-electron chi connectivity index (χ4n) is 2.31. The maximum absolute atomic E-state index is 12.2. The fraction of sp³-hybridized carbons (Fsp3) is 0.500. The van der Waals surface area contributed by atoms with Crippen molar-refractivity contribution in [2.45, 2.75) is 13.8 Å². The average Bonchev–Trinajstić information content (AvgIpc) is 2.83. The Balaban J connectivity index is 2.13. The maximum atomic E-state index is 12.2. The van der Waals surface area contributed by atoms with E-state index >= 15 is 0 Å². The van der Waals surface area contributed by atoms with Gasteiger partial charge in [0.1, 0.15) is 0 Å². The van der Waals surface area contributed by atoms with Gasteiger partial charge in [-0.25, -0.2) is 0 Å². The van der Waals surface area contributed by atoms with Crippen LogP contribution in [0.5, 0.6) is 0 Å². The van der Waals surface area contributed by atoms with Gasteiger partial charge in [-0.3, -0.25) is 9.59 Å². The van der Waals surface area contributed by atoms with E-state index in [1.807, 2.05) is 13.8 Å². The lowest BCUT2D eigenvalue weighted by atomic mass is 9.99. The van der Waals surface area contributed by atoms with Crippen LogP contribution >= 0.6 is 0 Å². The van der Waals surface area contributed by atoms with E-state index in [1.165, 1.54) is 0 Å². The highest BCUT2D eigenvalue weighted by Crippen LogP contribution is 2.25. The molecule has 92 valence electrons. The molecule has 1 saturated heterocycles. The smallest absolute Gasteiger partial charge is 0.308 e. The van der Waals surface area contributed by atoms with E-state index in [0.29, 0.717) is 18.7 Å². The zero-order valence-corrected chi connectivity index (χ0v) is 9.93. The van der Waals surface area contributed by atoms with Gasteiger partial charge in [-0.1, -0.05) is 6.92 Å². The number of carboxylic acids is 1. The SMILES string of the molecule is Cc1[nH]ccc1C(=O)N1C[C@@H](C)[C@H](C(=O)O)C1. The summed E-state index contributed by atoms with van der Waals surface area (Å²) < 4.78 is 0. The molecule has 2 rings (SSSR count). The third-order valence-corrected chi connectivity index (χ3v) is 3.40. The molecule has 17 heavy (non-hydrogen) atoms. The van der Waals surface area contributed by atoms with Crippen molar-refractivity contribution >= 4 is 11.9 Å². The summed E-state index contributed by atoms with van der Waals surface area (Å²) >= 11 is 0. The summed E-state index contributed by atoms with van der Waals surface area (Å²) in [6.45, 7) is 4.53. The van der Waals surface area contributed by atoms with Crippen LogP contribution in [0, 0.1) is 18.8 Å². The van der Waals surface area contributed by atoms with Gasteiger partial charge in [0.25, 0.3) is 5.91 Å². The first kappa shape index (κ1) is 11.7. The second-order valence-corrected chi connectivity index (χ2v) is 4.65. The number of nitrogens with one attached hydrogen (secondary N) is 1. The molecule has 1 aromatic rings. The normalized spacial score (nSPS) is 24.0. The molecule has 1 amide bonds. The molecule has 0 radical (unpaired) electrons. The first-order valence-corrected chi connectivity index (χ1v) is 5.66. The van der Waals surface area contributed by atoms with E-state index < -0.39 is 11.9 Å². The molecule has 1 aromatic heterocycles.